The van der Waals surface area contributed by atoms with Gasteiger partial charge in [0.15, 0.2) is 0 Å². The van der Waals surface area contributed by atoms with E-state index in [4.69, 9.17) is 10.5 Å². The summed E-state index contributed by atoms with van der Waals surface area (Å²) in [5, 5.41) is 0. The zero-order valence-electron chi connectivity index (χ0n) is 10.3. The maximum atomic E-state index is 12.1. The van der Waals surface area contributed by atoms with Crippen LogP contribution in [0.1, 0.15) is 6.92 Å². The van der Waals surface area contributed by atoms with E-state index in [1.54, 1.807) is 6.92 Å². The van der Waals surface area contributed by atoms with Crippen molar-refractivity contribution in [1.82, 2.24) is 4.31 Å². The van der Waals surface area contributed by atoms with Crippen LogP contribution in [0.15, 0.2) is 29.2 Å². The summed E-state index contributed by atoms with van der Waals surface area (Å²) < 4.78 is 29.8. The van der Waals surface area contributed by atoms with Crippen LogP contribution in [0.5, 0.6) is 0 Å². The van der Waals surface area contributed by atoms with E-state index in [9.17, 15) is 13.2 Å². The van der Waals surface area contributed by atoms with Crippen molar-refractivity contribution in [3.05, 3.63) is 24.3 Å². The van der Waals surface area contributed by atoms with E-state index < -0.39 is 16.0 Å². The number of hydrogen-bond acceptors (Lipinski definition) is 5. The number of likely N-dealkylation sites (N-methyl/N-ethyl adjacent to an activating group) is 1. The first-order valence-electron chi connectivity index (χ1n) is 5.35. The quantitative estimate of drug-likeness (QED) is 0.621. The molecular formula is C11H16N2O4S. The highest BCUT2D eigenvalue weighted by Crippen LogP contribution is 2.15. The Morgan fingerprint density at radius 3 is 2.39 bits per heavy atom. The lowest BCUT2D eigenvalue weighted by Crippen LogP contribution is -2.33. The number of esters is 1. The van der Waals surface area contributed by atoms with Crippen molar-refractivity contribution in [3.63, 3.8) is 0 Å². The van der Waals surface area contributed by atoms with Crippen LogP contribution in [0.25, 0.3) is 0 Å². The Morgan fingerprint density at radius 1 is 1.33 bits per heavy atom. The molecule has 0 amide bonds. The van der Waals surface area contributed by atoms with Gasteiger partial charge in [-0.2, -0.15) is 4.31 Å². The maximum absolute atomic E-state index is 12.1. The fraction of sp³-hybridized carbons (Fsp3) is 0.364. The fourth-order valence-corrected chi connectivity index (χ4v) is 2.41. The van der Waals surface area contributed by atoms with E-state index >= 15 is 0 Å². The molecule has 0 unspecified atom stereocenters. The second-order valence-electron chi connectivity index (χ2n) is 3.64. The summed E-state index contributed by atoms with van der Waals surface area (Å²) in [5.41, 5.74) is 5.96. The molecule has 2 N–H and O–H groups in total. The monoisotopic (exact) mass is 272 g/mol. The van der Waals surface area contributed by atoms with Gasteiger partial charge in [-0.1, -0.05) is 0 Å². The first-order chi connectivity index (χ1) is 8.37. The van der Waals surface area contributed by atoms with E-state index in [2.05, 4.69) is 0 Å². The summed E-state index contributed by atoms with van der Waals surface area (Å²) in [6, 6.07) is 5.77. The molecule has 1 aromatic rings. The minimum atomic E-state index is -3.69. The zero-order valence-corrected chi connectivity index (χ0v) is 11.1. The summed E-state index contributed by atoms with van der Waals surface area (Å²) >= 11 is 0. The van der Waals surface area contributed by atoms with Crippen LogP contribution in [0.3, 0.4) is 0 Å². The number of sulfonamides is 1. The molecule has 0 aliphatic carbocycles. The first-order valence-corrected chi connectivity index (χ1v) is 6.79. The van der Waals surface area contributed by atoms with Crippen LogP contribution < -0.4 is 5.73 Å². The van der Waals surface area contributed by atoms with E-state index in [0.29, 0.717) is 5.69 Å². The number of benzene rings is 1. The predicted octanol–water partition coefficient (Wildman–Crippen LogP) is 0.452. The highest BCUT2D eigenvalue weighted by Gasteiger charge is 2.23. The molecule has 0 saturated heterocycles. The van der Waals surface area contributed by atoms with Crippen LogP contribution >= 0.6 is 0 Å². The Balaban J connectivity index is 2.86. The molecule has 1 aromatic carbocycles. The molecule has 0 aliphatic heterocycles. The van der Waals surface area contributed by atoms with Crippen LogP contribution in [-0.4, -0.2) is 38.9 Å². The normalized spacial score (nSPS) is 11.5. The summed E-state index contributed by atoms with van der Waals surface area (Å²) in [6.07, 6.45) is 0. The Bertz CT molecular complexity index is 510. The third-order valence-electron chi connectivity index (χ3n) is 2.25. The maximum Gasteiger partial charge on any atom is 0.321 e. The van der Waals surface area contributed by atoms with Gasteiger partial charge in [-0.3, -0.25) is 4.79 Å². The molecule has 0 atom stereocenters. The Hall–Kier alpha value is -1.60. The lowest BCUT2D eigenvalue weighted by Gasteiger charge is -2.16. The van der Waals surface area contributed by atoms with Gasteiger partial charge in [-0.25, -0.2) is 8.42 Å². The Labute approximate surface area is 106 Å². The van der Waals surface area contributed by atoms with Crippen LogP contribution in [0.4, 0.5) is 5.69 Å². The molecule has 18 heavy (non-hydrogen) atoms. The second-order valence-corrected chi connectivity index (χ2v) is 5.68. The molecule has 0 saturated carbocycles. The SMILES string of the molecule is CCOC(=O)CN(C)S(=O)(=O)c1ccc(N)cc1. The van der Waals surface area contributed by atoms with Gasteiger partial charge in [0, 0.05) is 12.7 Å². The van der Waals surface area contributed by atoms with Gasteiger partial charge in [0.05, 0.1) is 11.5 Å². The summed E-state index contributed by atoms with van der Waals surface area (Å²) in [5.74, 6) is -0.584. The number of carbonyl (C=O) groups excluding carboxylic acids is 1. The highest BCUT2D eigenvalue weighted by molar-refractivity contribution is 7.89. The molecular weight excluding hydrogens is 256 g/mol. The van der Waals surface area contributed by atoms with Gasteiger partial charge in [-0.05, 0) is 31.2 Å². The van der Waals surface area contributed by atoms with Crippen molar-refractivity contribution in [3.8, 4) is 0 Å². The standard InChI is InChI=1S/C11H16N2O4S/c1-3-17-11(14)8-13(2)18(15,16)10-6-4-9(12)5-7-10/h4-7H,3,8,12H2,1-2H3. The van der Waals surface area contributed by atoms with Gasteiger partial charge >= 0.3 is 5.97 Å². The zero-order chi connectivity index (χ0) is 13.8. The van der Waals surface area contributed by atoms with Gasteiger partial charge in [0.2, 0.25) is 10.0 Å². The molecule has 0 radical (unpaired) electrons. The largest absolute Gasteiger partial charge is 0.465 e. The van der Waals surface area contributed by atoms with E-state index in [0.717, 1.165) is 4.31 Å². The molecule has 0 spiro atoms. The van der Waals surface area contributed by atoms with Gasteiger partial charge in [0.1, 0.15) is 6.54 Å². The van der Waals surface area contributed by atoms with Gasteiger partial charge in [-0.15, -0.1) is 0 Å². The van der Waals surface area contributed by atoms with Gasteiger partial charge in [0.25, 0.3) is 0 Å². The molecule has 0 heterocycles. The van der Waals surface area contributed by atoms with Crippen molar-refractivity contribution < 1.29 is 17.9 Å². The number of anilines is 1. The fourth-order valence-electron chi connectivity index (χ4n) is 1.29. The third-order valence-corrected chi connectivity index (χ3v) is 4.06. The predicted molar refractivity (Wildman–Crippen MR) is 67.3 cm³/mol. The summed E-state index contributed by atoms with van der Waals surface area (Å²) in [4.78, 5) is 11.3. The molecule has 0 bridgehead atoms. The first kappa shape index (κ1) is 14.5. The van der Waals surface area contributed by atoms with Crippen molar-refractivity contribution in [2.45, 2.75) is 11.8 Å². The average molecular weight is 272 g/mol. The average Bonchev–Trinajstić information content (AvgIpc) is 2.29. The van der Waals surface area contributed by atoms with Crippen molar-refractivity contribution >= 4 is 21.7 Å². The van der Waals surface area contributed by atoms with Crippen molar-refractivity contribution in [2.75, 3.05) is 25.9 Å². The number of carbonyl (C=O) groups is 1. The van der Waals surface area contributed by atoms with Crippen molar-refractivity contribution in [2.24, 2.45) is 0 Å². The minimum Gasteiger partial charge on any atom is -0.465 e. The molecule has 6 nitrogen and oxygen atoms in total. The molecule has 0 fully saturated rings. The van der Waals surface area contributed by atoms with Crippen LogP contribution in [-0.2, 0) is 19.6 Å². The molecule has 100 valence electrons. The van der Waals surface area contributed by atoms with Crippen molar-refractivity contribution in [1.29, 1.82) is 0 Å². The minimum absolute atomic E-state index is 0.0866. The molecule has 0 aromatic heterocycles. The number of nitrogens with zero attached hydrogens (tertiary/aromatic N) is 1. The molecule has 7 heteroatoms. The number of hydrogen-bond donors (Lipinski definition) is 1. The third kappa shape index (κ3) is 3.44. The van der Waals surface area contributed by atoms with E-state index in [1.807, 2.05) is 0 Å². The van der Waals surface area contributed by atoms with Crippen LogP contribution in [0.2, 0.25) is 0 Å². The number of ether oxygens (including phenoxy) is 1. The number of nitrogen functional groups attached to an aromatic ring is 1. The highest BCUT2D eigenvalue weighted by atomic mass is 32.2. The number of nitrogens with two attached hydrogens (primary N) is 1. The summed E-state index contributed by atoms with van der Waals surface area (Å²) in [6.45, 7) is 1.56. The van der Waals surface area contributed by atoms with Gasteiger partial charge < -0.3 is 10.5 Å². The smallest absolute Gasteiger partial charge is 0.321 e. The summed E-state index contributed by atoms with van der Waals surface area (Å²) in [7, 11) is -2.37. The lowest BCUT2D eigenvalue weighted by molar-refractivity contribution is -0.143. The number of rotatable bonds is 5. The van der Waals surface area contributed by atoms with Crippen LogP contribution in [0, 0.1) is 0 Å². The molecule has 1 rings (SSSR count). The second kappa shape index (κ2) is 5.83. The molecule has 0 aliphatic rings. The Kier molecular flexibility index (Phi) is 4.69. The lowest BCUT2D eigenvalue weighted by atomic mass is 10.3. The van der Waals surface area contributed by atoms with E-state index in [1.165, 1.54) is 31.3 Å². The topological polar surface area (TPSA) is 89.7 Å². The van der Waals surface area contributed by atoms with E-state index in [-0.39, 0.29) is 18.0 Å². The Morgan fingerprint density at radius 2 is 1.89 bits per heavy atom.